The number of Topliss-reactive ketones (excluding diaryl/α,β-unsaturated/α-hetero) is 1. The quantitative estimate of drug-likeness (QED) is 0.621. The molecule has 0 saturated carbocycles. The van der Waals surface area contributed by atoms with Crippen molar-refractivity contribution < 1.29 is 19.1 Å². The average Bonchev–Trinajstić information content (AvgIpc) is 3.07. The standard InChI is InChI=1S/C22H29N5O4/c1-13(2)22(30)26-11-18-20(19(28)12-26)14(3)25-27(18)15-6-7-16(21(23)29)17(10-15)24-8-5-9-31-4/h6-7,10,13,24H,5,8-9,11-12H2,1-4H3,(H2,23,29). The molecule has 1 aromatic carbocycles. The number of anilines is 1. The number of nitrogens with zero attached hydrogens (tertiary/aromatic N) is 3. The van der Waals surface area contributed by atoms with Gasteiger partial charge in [-0.05, 0) is 31.5 Å². The molecule has 0 bridgehead atoms. The minimum absolute atomic E-state index is 0.0590. The lowest BCUT2D eigenvalue weighted by atomic mass is 10.0. The number of hydrogen-bond acceptors (Lipinski definition) is 6. The van der Waals surface area contributed by atoms with E-state index in [9.17, 15) is 14.4 Å². The second-order valence-corrected chi connectivity index (χ2v) is 7.96. The first-order valence-electron chi connectivity index (χ1n) is 10.3. The lowest BCUT2D eigenvalue weighted by Crippen LogP contribution is -2.42. The Labute approximate surface area is 181 Å². The lowest BCUT2D eigenvalue weighted by molar-refractivity contribution is -0.134. The van der Waals surface area contributed by atoms with E-state index in [1.54, 1.807) is 41.8 Å². The Hall–Kier alpha value is -3.20. The number of aryl methyl sites for hydroxylation is 1. The highest BCUT2D eigenvalue weighted by Crippen LogP contribution is 2.28. The molecule has 0 spiro atoms. The number of nitrogens with one attached hydrogen (secondary N) is 1. The second-order valence-electron chi connectivity index (χ2n) is 7.96. The summed E-state index contributed by atoms with van der Waals surface area (Å²) < 4.78 is 6.74. The van der Waals surface area contributed by atoms with Gasteiger partial charge in [0.1, 0.15) is 0 Å². The first-order valence-corrected chi connectivity index (χ1v) is 10.3. The monoisotopic (exact) mass is 427 g/mol. The third-order valence-electron chi connectivity index (χ3n) is 5.27. The summed E-state index contributed by atoms with van der Waals surface area (Å²) in [5.41, 5.74) is 9.00. The van der Waals surface area contributed by atoms with Crippen LogP contribution in [0.15, 0.2) is 18.2 Å². The van der Waals surface area contributed by atoms with Crippen LogP contribution in [0.4, 0.5) is 5.69 Å². The molecule has 9 nitrogen and oxygen atoms in total. The Morgan fingerprint density at radius 1 is 1.29 bits per heavy atom. The van der Waals surface area contributed by atoms with E-state index in [1.807, 2.05) is 13.8 Å². The van der Waals surface area contributed by atoms with E-state index in [-0.39, 0.29) is 24.2 Å². The van der Waals surface area contributed by atoms with Gasteiger partial charge in [-0.25, -0.2) is 4.68 Å². The molecule has 2 amide bonds. The minimum Gasteiger partial charge on any atom is -0.385 e. The summed E-state index contributed by atoms with van der Waals surface area (Å²) in [6.45, 7) is 6.96. The highest BCUT2D eigenvalue weighted by atomic mass is 16.5. The fourth-order valence-electron chi connectivity index (χ4n) is 3.77. The van der Waals surface area contributed by atoms with Crippen molar-refractivity contribution in [2.45, 2.75) is 33.7 Å². The van der Waals surface area contributed by atoms with Crippen LogP contribution in [0.1, 0.15) is 52.4 Å². The Balaban J connectivity index is 2.00. The molecule has 0 saturated heterocycles. The molecule has 0 radical (unpaired) electrons. The molecule has 2 aromatic rings. The summed E-state index contributed by atoms with van der Waals surface area (Å²) in [4.78, 5) is 38.7. The molecule has 0 atom stereocenters. The van der Waals surface area contributed by atoms with E-state index in [4.69, 9.17) is 10.5 Å². The predicted octanol–water partition coefficient (Wildman–Crippen LogP) is 1.91. The molecule has 3 rings (SSSR count). The maximum atomic E-state index is 12.8. The summed E-state index contributed by atoms with van der Waals surface area (Å²) in [5, 5.41) is 7.79. The predicted molar refractivity (Wildman–Crippen MR) is 116 cm³/mol. The van der Waals surface area contributed by atoms with Crippen molar-refractivity contribution in [2.75, 3.05) is 32.1 Å². The van der Waals surface area contributed by atoms with Gasteiger partial charge in [0.05, 0.1) is 41.3 Å². The van der Waals surface area contributed by atoms with Crippen LogP contribution in [0.3, 0.4) is 0 Å². The van der Waals surface area contributed by atoms with Crippen molar-refractivity contribution >= 4 is 23.3 Å². The molecule has 0 fully saturated rings. The molecule has 9 heteroatoms. The van der Waals surface area contributed by atoms with Gasteiger partial charge in [0.25, 0.3) is 5.91 Å². The van der Waals surface area contributed by atoms with Gasteiger partial charge < -0.3 is 20.7 Å². The summed E-state index contributed by atoms with van der Waals surface area (Å²) in [6, 6.07) is 5.16. The number of ketones is 1. The molecule has 31 heavy (non-hydrogen) atoms. The van der Waals surface area contributed by atoms with Crippen molar-refractivity contribution in [3.05, 3.63) is 40.7 Å². The number of aromatic nitrogens is 2. The topological polar surface area (TPSA) is 120 Å². The van der Waals surface area contributed by atoms with Crippen LogP contribution >= 0.6 is 0 Å². The summed E-state index contributed by atoms with van der Waals surface area (Å²) >= 11 is 0. The first-order chi connectivity index (χ1) is 14.7. The van der Waals surface area contributed by atoms with Crippen LogP contribution in [-0.2, 0) is 16.1 Å². The number of benzene rings is 1. The largest absolute Gasteiger partial charge is 0.385 e. The number of amides is 2. The zero-order valence-electron chi connectivity index (χ0n) is 18.4. The van der Waals surface area contributed by atoms with Gasteiger partial charge in [-0.15, -0.1) is 0 Å². The molecule has 1 aromatic heterocycles. The molecular formula is C22H29N5O4. The van der Waals surface area contributed by atoms with E-state index in [0.29, 0.717) is 53.6 Å². The number of ether oxygens (including phenoxy) is 1. The Kier molecular flexibility index (Phi) is 6.74. The van der Waals surface area contributed by atoms with Gasteiger partial charge in [-0.3, -0.25) is 14.4 Å². The molecule has 0 unspecified atom stereocenters. The molecule has 166 valence electrons. The summed E-state index contributed by atoms with van der Waals surface area (Å²) in [5.74, 6) is -0.937. The van der Waals surface area contributed by atoms with Gasteiger partial charge in [-0.1, -0.05) is 13.8 Å². The fraction of sp³-hybridized carbons (Fsp3) is 0.455. The fourth-order valence-corrected chi connectivity index (χ4v) is 3.77. The van der Waals surface area contributed by atoms with Crippen LogP contribution in [0.5, 0.6) is 0 Å². The number of methoxy groups -OCH3 is 1. The van der Waals surface area contributed by atoms with Crippen molar-refractivity contribution in [1.29, 1.82) is 0 Å². The van der Waals surface area contributed by atoms with Gasteiger partial charge in [0, 0.05) is 31.9 Å². The average molecular weight is 428 g/mol. The van der Waals surface area contributed by atoms with E-state index < -0.39 is 5.91 Å². The Bertz CT molecular complexity index is 1010. The molecule has 2 heterocycles. The molecule has 0 aliphatic carbocycles. The van der Waals surface area contributed by atoms with Crippen LogP contribution in [0.25, 0.3) is 5.69 Å². The van der Waals surface area contributed by atoms with Crippen LogP contribution in [0.2, 0.25) is 0 Å². The van der Waals surface area contributed by atoms with E-state index in [0.717, 1.165) is 6.42 Å². The molecule has 3 N–H and O–H groups in total. The van der Waals surface area contributed by atoms with Gasteiger partial charge in [0.15, 0.2) is 5.78 Å². The Morgan fingerprint density at radius 3 is 2.68 bits per heavy atom. The number of carbonyl (C=O) groups excluding carboxylic acids is 3. The maximum absolute atomic E-state index is 12.8. The smallest absolute Gasteiger partial charge is 0.250 e. The Morgan fingerprint density at radius 2 is 2.03 bits per heavy atom. The van der Waals surface area contributed by atoms with Gasteiger partial charge in [-0.2, -0.15) is 5.10 Å². The van der Waals surface area contributed by atoms with E-state index >= 15 is 0 Å². The number of rotatable bonds is 8. The third kappa shape index (κ3) is 4.61. The van der Waals surface area contributed by atoms with E-state index in [1.165, 1.54) is 0 Å². The normalized spacial score (nSPS) is 13.5. The maximum Gasteiger partial charge on any atom is 0.250 e. The molecule has 1 aliphatic rings. The zero-order chi connectivity index (χ0) is 22.7. The van der Waals surface area contributed by atoms with Gasteiger partial charge >= 0.3 is 0 Å². The number of hydrogen-bond donors (Lipinski definition) is 2. The van der Waals surface area contributed by atoms with Crippen LogP contribution in [0, 0.1) is 12.8 Å². The summed E-state index contributed by atoms with van der Waals surface area (Å²) in [7, 11) is 1.63. The number of fused-ring (bicyclic) bond motifs is 1. The highest BCUT2D eigenvalue weighted by Gasteiger charge is 2.33. The SMILES string of the molecule is COCCCNc1cc(-n2nc(C)c3c2CN(C(=O)C(C)C)CC3=O)ccc1C(N)=O. The van der Waals surface area contributed by atoms with Gasteiger partial charge in [0.2, 0.25) is 5.91 Å². The van der Waals surface area contributed by atoms with E-state index in [2.05, 4.69) is 10.4 Å². The minimum atomic E-state index is -0.539. The molecule has 1 aliphatic heterocycles. The van der Waals surface area contributed by atoms with Crippen molar-refractivity contribution in [3.8, 4) is 5.69 Å². The molecular weight excluding hydrogens is 398 g/mol. The van der Waals surface area contributed by atoms with Crippen LogP contribution < -0.4 is 11.1 Å². The number of carbonyl (C=O) groups is 3. The summed E-state index contributed by atoms with van der Waals surface area (Å²) in [6.07, 6.45) is 0.760. The third-order valence-corrected chi connectivity index (χ3v) is 5.27. The zero-order valence-corrected chi connectivity index (χ0v) is 18.4. The number of primary amides is 1. The van der Waals surface area contributed by atoms with Crippen molar-refractivity contribution in [1.82, 2.24) is 14.7 Å². The second kappa shape index (κ2) is 9.30. The number of nitrogens with two attached hydrogens (primary N) is 1. The van der Waals surface area contributed by atoms with Crippen LogP contribution in [-0.4, -0.2) is 59.1 Å². The van der Waals surface area contributed by atoms with Crippen molar-refractivity contribution in [3.63, 3.8) is 0 Å². The lowest BCUT2D eigenvalue weighted by Gasteiger charge is -2.28. The van der Waals surface area contributed by atoms with Crippen molar-refractivity contribution in [2.24, 2.45) is 11.7 Å². The first kappa shape index (κ1) is 22.5. The highest BCUT2D eigenvalue weighted by molar-refractivity contribution is 6.03.